The average molecular weight is 491 g/mol. The predicted molar refractivity (Wildman–Crippen MR) is 130 cm³/mol. The Bertz CT molecular complexity index is 1260. The zero-order chi connectivity index (χ0) is 26.1. The first-order valence-corrected chi connectivity index (χ1v) is 11.1. The van der Waals surface area contributed by atoms with Gasteiger partial charge in [-0.3, -0.25) is 4.79 Å². The standard InChI is InChI=1S/C24H22F2N6O2.C2H2/c1-2-22(33)32-12-9-20(24(25,26)15-32)34-19-7-6-16(13-17(19)14-27)18-8-11-29-23(30-18)31-21-5-3-4-10-28-21;1-2/h3-8,10-11,13,20H,2,9,12,15H2,1H3,(H,28,29,30,31);1-2H. The summed E-state index contributed by atoms with van der Waals surface area (Å²) >= 11 is 0. The maximum absolute atomic E-state index is 14.7. The van der Waals surface area contributed by atoms with Gasteiger partial charge in [0.25, 0.3) is 0 Å². The summed E-state index contributed by atoms with van der Waals surface area (Å²) in [6, 6.07) is 13.7. The molecule has 1 aliphatic rings. The van der Waals surface area contributed by atoms with E-state index in [1.807, 2.05) is 12.1 Å². The van der Waals surface area contributed by atoms with Crippen molar-refractivity contribution in [2.24, 2.45) is 0 Å². The fourth-order valence-electron chi connectivity index (χ4n) is 3.66. The summed E-state index contributed by atoms with van der Waals surface area (Å²) in [6.07, 6.45) is 9.92. The maximum Gasteiger partial charge on any atom is 0.301 e. The fourth-order valence-corrected chi connectivity index (χ4v) is 3.66. The number of hydrogen-bond donors (Lipinski definition) is 1. The highest BCUT2D eigenvalue weighted by molar-refractivity contribution is 5.76. The molecule has 1 amide bonds. The summed E-state index contributed by atoms with van der Waals surface area (Å²) in [5.74, 6) is -2.58. The second-order valence-corrected chi connectivity index (χ2v) is 7.75. The van der Waals surface area contributed by atoms with Crippen molar-refractivity contribution < 1.29 is 18.3 Å². The minimum absolute atomic E-state index is 0.0280. The Morgan fingerprint density at radius 1 is 1.25 bits per heavy atom. The highest BCUT2D eigenvalue weighted by Gasteiger charge is 2.47. The lowest BCUT2D eigenvalue weighted by Gasteiger charge is -2.38. The maximum atomic E-state index is 14.7. The third-order valence-corrected chi connectivity index (χ3v) is 5.41. The molecule has 184 valence electrons. The van der Waals surface area contributed by atoms with Gasteiger partial charge in [-0.25, -0.2) is 23.7 Å². The number of halogens is 2. The molecule has 0 saturated carbocycles. The third kappa shape index (κ3) is 6.10. The van der Waals surface area contributed by atoms with Crippen LogP contribution in [0.1, 0.15) is 25.3 Å². The van der Waals surface area contributed by atoms with Crippen molar-refractivity contribution in [3.63, 3.8) is 0 Å². The second-order valence-electron chi connectivity index (χ2n) is 7.75. The number of rotatable bonds is 6. The molecule has 2 aromatic heterocycles. The van der Waals surface area contributed by atoms with E-state index < -0.39 is 18.6 Å². The molecule has 0 spiro atoms. The summed E-state index contributed by atoms with van der Waals surface area (Å²) in [6.45, 7) is 1.12. The highest BCUT2D eigenvalue weighted by atomic mass is 19.3. The molecule has 1 aliphatic heterocycles. The average Bonchev–Trinajstić information content (AvgIpc) is 2.91. The Labute approximate surface area is 208 Å². The van der Waals surface area contributed by atoms with E-state index in [0.29, 0.717) is 23.0 Å². The van der Waals surface area contributed by atoms with E-state index in [0.717, 1.165) is 4.90 Å². The number of piperidine rings is 1. The summed E-state index contributed by atoms with van der Waals surface area (Å²) in [4.78, 5) is 25.7. The number of anilines is 2. The van der Waals surface area contributed by atoms with Gasteiger partial charge in [-0.05, 0) is 36.4 Å². The zero-order valence-corrected chi connectivity index (χ0v) is 19.6. The fraction of sp³-hybridized carbons (Fsp3) is 0.269. The predicted octanol–water partition coefficient (Wildman–Crippen LogP) is 4.43. The molecule has 1 N–H and O–H groups in total. The van der Waals surface area contributed by atoms with Crippen LogP contribution < -0.4 is 10.1 Å². The minimum atomic E-state index is -3.23. The number of ether oxygens (including phenoxy) is 1. The molecular formula is C26H24F2N6O2. The van der Waals surface area contributed by atoms with Crippen LogP contribution in [0, 0.1) is 24.2 Å². The smallest absolute Gasteiger partial charge is 0.301 e. The van der Waals surface area contributed by atoms with Gasteiger partial charge < -0.3 is 15.0 Å². The molecule has 1 saturated heterocycles. The van der Waals surface area contributed by atoms with E-state index in [1.165, 1.54) is 12.1 Å². The van der Waals surface area contributed by atoms with Crippen LogP contribution in [0.25, 0.3) is 11.3 Å². The van der Waals surface area contributed by atoms with Crippen molar-refractivity contribution in [3.05, 3.63) is 60.4 Å². The molecule has 0 radical (unpaired) electrons. The largest absolute Gasteiger partial charge is 0.483 e. The lowest BCUT2D eigenvalue weighted by atomic mass is 10.0. The number of likely N-dealkylation sites (tertiary alicyclic amines) is 1. The number of terminal acetylenes is 1. The molecule has 1 unspecified atom stereocenters. The van der Waals surface area contributed by atoms with Crippen LogP contribution in [0.4, 0.5) is 20.5 Å². The molecule has 1 atom stereocenters. The number of amides is 1. The summed E-state index contributed by atoms with van der Waals surface area (Å²) in [5, 5.41) is 12.6. The third-order valence-electron chi connectivity index (χ3n) is 5.41. The molecule has 4 rings (SSSR count). The number of alkyl halides is 2. The quantitative estimate of drug-likeness (QED) is 0.510. The molecule has 8 nitrogen and oxygen atoms in total. The first-order chi connectivity index (χ1) is 17.4. The monoisotopic (exact) mass is 490 g/mol. The molecular weight excluding hydrogens is 466 g/mol. The van der Waals surface area contributed by atoms with Crippen LogP contribution in [0.2, 0.25) is 0 Å². The molecule has 36 heavy (non-hydrogen) atoms. The number of nitriles is 1. The minimum Gasteiger partial charge on any atom is -0.483 e. The van der Waals surface area contributed by atoms with Gasteiger partial charge in [0.1, 0.15) is 17.6 Å². The molecule has 1 aromatic carbocycles. The Hall–Kier alpha value is -4.57. The number of aromatic nitrogens is 3. The van der Waals surface area contributed by atoms with Crippen LogP contribution in [0.15, 0.2) is 54.9 Å². The van der Waals surface area contributed by atoms with Crippen LogP contribution in [-0.2, 0) is 4.79 Å². The molecule has 0 bridgehead atoms. The molecule has 3 heterocycles. The van der Waals surface area contributed by atoms with Gasteiger partial charge >= 0.3 is 5.92 Å². The van der Waals surface area contributed by atoms with Gasteiger partial charge in [0.2, 0.25) is 11.9 Å². The number of carbonyl (C=O) groups excluding carboxylic acids is 1. The van der Waals surface area contributed by atoms with Gasteiger partial charge in [0.05, 0.1) is 17.8 Å². The Morgan fingerprint density at radius 2 is 2.06 bits per heavy atom. The first kappa shape index (κ1) is 26.0. The van der Waals surface area contributed by atoms with Crippen molar-refractivity contribution in [3.8, 4) is 35.9 Å². The van der Waals surface area contributed by atoms with Gasteiger partial charge in [0, 0.05) is 37.3 Å². The van der Waals surface area contributed by atoms with Crippen molar-refractivity contribution in [2.45, 2.75) is 31.8 Å². The van der Waals surface area contributed by atoms with Crippen molar-refractivity contribution in [2.75, 3.05) is 18.4 Å². The molecule has 0 aliphatic carbocycles. The molecule has 3 aromatic rings. The van der Waals surface area contributed by atoms with Gasteiger partial charge in [-0.1, -0.05) is 13.0 Å². The van der Waals surface area contributed by atoms with Crippen LogP contribution in [0.5, 0.6) is 5.75 Å². The van der Waals surface area contributed by atoms with E-state index in [9.17, 15) is 18.8 Å². The van der Waals surface area contributed by atoms with Gasteiger partial charge in [-0.15, -0.1) is 12.8 Å². The first-order valence-electron chi connectivity index (χ1n) is 11.1. The Balaban J connectivity index is 0.00000176. The lowest BCUT2D eigenvalue weighted by Crippen LogP contribution is -2.55. The normalized spacial score (nSPS) is 16.1. The number of pyridine rings is 1. The van der Waals surface area contributed by atoms with E-state index in [2.05, 4.69) is 33.1 Å². The van der Waals surface area contributed by atoms with Crippen molar-refractivity contribution in [1.82, 2.24) is 19.9 Å². The zero-order valence-electron chi connectivity index (χ0n) is 19.6. The molecule has 1 fully saturated rings. The number of nitrogens with zero attached hydrogens (tertiary/aromatic N) is 5. The summed E-state index contributed by atoms with van der Waals surface area (Å²) < 4.78 is 34.9. The van der Waals surface area contributed by atoms with Crippen molar-refractivity contribution >= 4 is 17.7 Å². The molecule has 10 heteroatoms. The van der Waals surface area contributed by atoms with E-state index in [-0.39, 0.29) is 36.6 Å². The van der Waals surface area contributed by atoms with E-state index in [1.54, 1.807) is 43.6 Å². The Morgan fingerprint density at radius 3 is 2.72 bits per heavy atom. The van der Waals surface area contributed by atoms with Crippen LogP contribution in [-0.4, -0.2) is 50.9 Å². The number of hydrogen-bond acceptors (Lipinski definition) is 7. The van der Waals surface area contributed by atoms with Crippen LogP contribution in [0.3, 0.4) is 0 Å². The van der Waals surface area contributed by atoms with Gasteiger partial charge in [-0.2, -0.15) is 5.26 Å². The topological polar surface area (TPSA) is 104 Å². The summed E-state index contributed by atoms with van der Waals surface area (Å²) in [5.41, 5.74) is 1.25. The van der Waals surface area contributed by atoms with E-state index in [4.69, 9.17) is 4.74 Å². The lowest BCUT2D eigenvalue weighted by molar-refractivity contribution is -0.159. The number of benzene rings is 1. The Kier molecular flexibility index (Phi) is 8.48. The van der Waals surface area contributed by atoms with Gasteiger partial charge in [0.15, 0.2) is 6.10 Å². The van der Waals surface area contributed by atoms with E-state index >= 15 is 0 Å². The summed E-state index contributed by atoms with van der Waals surface area (Å²) in [7, 11) is 0. The number of carbonyl (C=O) groups is 1. The van der Waals surface area contributed by atoms with Crippen molar-refractivity contribution in [1.29, 1.82) is 5.26 Å². The number of nitrogens with one attached hydrogen (secondary N) is 1. The van der Waals surface area contributed by atoms with Crippen LogP contribution >= 0.6 is 0 Å². The SMILES string of the molecule is C#C.CCC(=O)N1CCC(Oc2ccc(-c3ccnc(Nc4ccccn4)n3)cc2C#N)C(F)(F)C1. The second kappa shape index (κ2) is 11.7. The highest BCUT2D eigenvalue weighted by Crippen LogP contribution is 2.34.